The van der Waals surface area contributed by atoms with Crippen LogP contribution in [0.3, 0.4) is 0 Å². The van der Waals surface area contributed by atoms with Gasteiger partial charge in [-0.25, -0.2) is 4.79 Å². The van der Waals surface area contributed by atoms with Crippen molar-refractivity contribution in [2.75, 3.05) is 12.4 Å². The van der Waals surface area contributed by atoms with Gasteiger partial charge in [-0.1, -0.05) is 6.58 Å². The molecule has 0 saturated heterocycles. The Morgan fingerprint density at radius 2 is 2.25 bits per heavy atom. The first kappa shape index (κ1) is 11.8. The van der Waals surface area contributed by atoms with Gasteiger partial charge in [0.1, 0.15) is 0 Å². The molecule has 0 rings (SSSR count). The van der Waals surface area contributed by atoms with Crippen molar-refractivity contribution < 1.29 is 9.53 Å². The molecule has 4 heteroatoms. The highest BCUT2D eigenvalue weighted by molar-refractivity contribution is 8.19. The molecule has 0 amide bonds. The van der Waals surface area contributed by atoms with E-state index in [0.29, 0.717) is 12.2 Å². The van der Waals surface area contributed by atoms with Crippen molar-refractivity contribution in [2.24, 2.45) is 0 Å². The van der Waals surface area contributed by atoms with Crippen LogP contribution < -0.4 is 0 Å². The second-order valence-electron chi connectivity index (χ2n) is 2.62. The van der Waals surface area contributed by atoms with Gasteiger partial charge in [-0.05, 0) is 25.5 Å². The molecule has 0 fully saturated rings. The van der Waals surface area contributed by atoms with Gasteiger partial charge >= 0.3 is 5.97 Å². The van der Waals surface area contributed by atoms with Crippen LogP contribution >= 0.6 is 11.2 Å². The Bertz CT molecular complexity index is 159. The Hall–Kier alpha value is -0.223. The average molecular weight is 204 g/mol. The van der Waals surface area contributed by atoms with E-state index < -0.39 is 0 Å². The third kappa shape index (κ3) is 6.48. The van der Waals surface area contributed by atoms with Crippen LogP contribution in [0.2, 0.25) is 0 Å². The summed E-state index contributed by atoms with van der Waals surface area (Å²) in [5, 5.41) is 0. The van der Waals surface area contributed by atoms with Crippen molar-refractivity contribution in [3.63, 3.8) is 0 Å². The Morgan fingerprint density at radius 1 is 1.58 bits per heavy atom. The van der Waals surface area contributed by atoms with E-state index in [1.165, 1.54) is 15.1 Å². The van der Waals surface area contributed by atoms with Crippen LogP contribution in [-0.4, -0.2) is 27.7 Å². The van der Waals surface area contributed by atoms with Crippen molar-refractivity contribution in [1.29, 1.82) is 0 Å². The molecule has 0 aromatic heterocycles. The van der Waals surface area contributed by atoms with Crippen LogP contribution in [0.25, 0.3) is 0 Å². The van der Waals surface area contributed by atoms with Gasteiger partial charge in [0.2, 0.25) is 0 Å². The van der Waals surface area contributed by atoms with Gasteiger partial charge in [0.15, 0.2) is 0 Å². The van der Waals surface area contributed by atoms with Crippen molar-refractivity contribution >= 4 is 26.6 Å². The number of hydrogen-bond donors (Lipinski definition) is 0. The van der Waals surface area contributed by atoms with Gasteiger partial charge in [0.05, 0.1) is 16.0 Å². The summed E-state index contributed by atoms with van der Waals surface area (Å²) < 4.78 is 4.91. The van der Waals surface area contributed by atoms with E-state index >= 15 is 0 Å². The summed E-state index contributed by atoms with van der Waals surface area (Å²) in [5.74, 6) is 0.921. The molecule has 0 N–H and O–H groups in total. The van der Waals surface area contributed by atoms with Gasteiger partial charge < -0.3 is 4.74 Å². The summed E-state index contributed by atoms with van der Waals surface area (Å²) >= 11 is 1.95. The van der Waals surface area contributed by atoms with E-state index in [-0.39, 0.29) is 5.97 Å². The Balaban J connectivity index is 3.20. The lowest BCUT2D eigenvalue weighted by atomic mass is 10.3. The van der Waals surface area contributed by atoms with Crippen molar-refractivity contribution in [2.45, 2.75) is 19.8 Å². The molecule has 0 heterocycles. The Morgan fingerprint density at radius 3 is 2.75 bits per heavy atom. The molecule has 0 bridgehead atoms. The van der Waals surface area contributed by atoms with Crippen LogP contribution in [-0.2, 0) is 9.53 Å². The second-order valence-corrected chi connectivity index (χ2v) is 5.33. The van der Waals surface area contributed by atoms with E-state index in [4.69, 9.17) is 4.74 Å². The van der Waals surface area contributed by atoms with Crippen molar-refractivity contribution in [1.82, 2.24) is 0 Å². The van der Waals surface area contributed by atoms with Gasteiger partial charge in [-0.3, -0.25) is 0 Å². The van der Waals surface area contributed by atoms with Gasteiger partial charge in [0, 0.05) is 5.57 Å². The zero-order valence-corrected chi connectivity index (χ0v) is 10.6. The van der Waals surface area contributed by atoms with Crippen molar-refractivity contribution in [3.8, 4) is 0 Å². The minimum absolute atomic E-state index is 0.270. The highest BCUT2D eigenvalue weighted by Gasteiger charge is 2.00. The Kier molecular flexibility index (Phi) is 7.29. The zero-order valence-electron chi connectivity index (χ0n) is 7.76. The molecule has 0 unspecified atom stereocenters. The lowest BCUT2D eigenvalue weighted by Gasteiger charge is -2.02. The maximum absolute atomic E-state index is 10.9. The number of ether oxygens (including phenoxy) is 1. The third-order valence-electron chi connectivity index (χ3n) is 1.32. The number of rotatable bonds is 6. The predicted octanol–water partition coefficient (Wildman–Crippen LogP) is 0.899. The normalized spacial score (nSPS) is 9.75. The van der Waals surface area contributed by atoms with Gasteiger partial charge in [-0.2, -0.15) is 11.2 Å². The number of unbranched alkanes of at least 4 members (excludes halogenated alkanes) is 1. The summed E-state index contributed by atoms with van der Waals surface area (Å²) in [6, 6.07) is 0. The quantitative estimate of drug-likeness (QED) is 0.278. The minimum atomic E-state index is -0.270. The topological polar surface area (TPSA) is 26.3 Å². The second kappa shape index (κ2) is 7.43. The molecule has 0 atom stereocenters. The van der Waals surface area contributed by atoms with E-state index in [1.54, 1.807) is 6.92 Å². The monoisotopic (exact) mass is 204 g/mol. The highest BCUT2D eigenvalue weighted by Crippen LogP contribution is 2.00. The Labute approximate surface area is 80.8 Å². The maximum Gasteiger partial charge on any atom is 0.333 e. The number of carbonyl (C=O) groups excluding carboxylic acids is 1. The zero-order chi connectivity index (χ0) is 9.40. The highest BCUT2D eigenvalue weighted by atomic mass is 32.4. The summed E-state index contributed by atoms with van der Waals surface area (Å²) in [5.41, 5.74) is 0.479. The van der Waals surface area contributed by atoms with Crippen LogP contribution in [0.4, 0.5) is 0 Å². The largest absolute Gasteiger partial charge is 0.462 e. The molecule has 0 spiro atoms. The number of carbonyl (C=O) groups is 1. The number of esters is 1. The van der Waals surface area contributed by atoms with Crippen LogP contribution in [0.1, 0.15) is 19.8 Å². The summed E-state index contributed by atoms with van der Waals surface area (Å²) in [7, 11) is 1.20. The minimum Gasteiger partial charge on any atom is -0.462 e. The standard InChI is InChI=1S/C8H16O2SSi/c1-7(2)8(9)10-5-3-4-6-11-12/h1,3-6H2,2,12H3. The van der Waals surface area contributed by atoms with Crippen LogP contribution in [0, 0.1) is 0 Å². The molecule has 0 aliphatic carbocycles. The molecule has 2 nitrogen and oxygen atoms in total. The molecule has 0 aromatic carbocycles. The fourth-order valence-corrected chi connectivity index (χ4v) is 2.00. The number of hydrogen-bond acceptors (Lipinski definition) is 3. The molecule has 0 aliphatic rings. The van der Waals surface area contributed by atoms with E-state index in [2.05, 4.69) is 6.58 Å². The summed E-state index contributed by atoms with van der Waals surface area (Å²) in [6.07, 6.45) is 2.10. The van der Waals surface area contributed by atoms with E-state index in [1.807, 2.05) is 11.2 Å². The summed E-state index contributed by atoms with van der Waals surface area (Å²) in [4.78, 5) is 10.9. The van der Waals surface area contributed by atoms with E-state index in [9.17, 15) is 4.79 Å². The van der Waals surface area contributed by atoms with Crippen LogP contribution in [0.5, 0.6) is 0 Å². The predicted molar refractivity (Wildman–Crippen MR) is 57.4 cm³/mol. The van der Waals surface area contributed by atoms with Gasteiger partial charge in [-0.15, -0.1) is 0 Å². The maximum atomic E-state index is 10.9. The first-order valence-electron chi connectivity index (χ1n) is 4.00. The van der Waals surface area contributed by atoms with Crippen LogP contribution in [0.15, 0.2) is 12.2 Å². The molecule has 0 radical (unpaired) electrons. The molecule has 0 aliphatic heterocycles. The third-order valence-corrected chi connectivity index (χ3v) is 3.25. The molecule has 70 valence electrons. The molecule has 0 aromatic rings. The van der Waals surface area contributed by atoms with Gasteiger partial charge in [0.25, 0.3) is 0 Å². The molecular formula is C8H16O2SSi. The first-order valence-corrected chi connectivity index (χ1v) is 7.84. The fraction of sp³-hybridized carbons (Fsp3) is 0.625. The average Bonchev–Trinajstić information content (AvgIpc) is 2.03. The molecular weight excluding hydrogens is 188 g/mol. The SMILES string of the molecule is C=C(C)C(=O)OCCCCS[SiH3]. The first-order chi connectivity index (χ1) is 5.68. The smallest absolute Gasteiger partial charge is 0.333 e. The fourth-order valence-electron chi connectivity index (χ4n) is 0.637. The lowest BCUT2D eigenvalue weighted by Crippen LogP contribution is -2.06. The lowest BCUT2D eigenvalue weighted by molar-refractivity contribution is -0.139. The van der Waals surface area contributed by atoms with E-state index in [0.717, 1.165) is 12.8 Å². The molecule has 12 heavy (non-hydrogen) atoms. The summed E-state index contributed by atoms with van der Waals surface area (Å²) in [6.45, 7) is 5.70. The van der Waals surface area contributed by atoms with Crippen molar-refractivity contribution in [3.05, 3.63) is 12.2 Å². The molecule has 0 saturated carbocycles.